The molecule has 1 unspecified atom stereocenters. The summed E-state index contributed by atoms with van der Waals surface area (Å²) in [5, 5.41) is 3.20. The van der Waals surface area contributed by atoms with E-state index in [1.807, 2.05) is 33.0 Å². The molecule has 0 aromatic heterocycles. The van der Waals surface area contributed by atoms with Gasteiger partial charge in [0.1, 0.15) is 12.4 Å². The molecule has 3 heteroatoms. The van der Waals surface area contributed by atoms with Crippen LogP contribution in [0.4, 0.5) is 0 Å². The molecule has 0 fully saturated rings. The molecule has 0 saturated carbocycles. The molecule has 0 aliphatic heterocycles. The van der Waals surface area contributed by atoms with E-state index in [9.17, 15) is 0 Å². The topological polar surface area (TPSA) is 30.5 Å². The Morgan fingerprint density at radius 3 is 2.24 bits per heavy atom. The van der Waals surface area contributed by atoms with Gasteiger partial charge in [0.25, 0.3) is 0 Å². The third-order valence-electron chi connectivity index (χ3n) is 2.62. The highest BCUT2D eigenvalue weighted by Gasteiger charge is 2.02. The van der Waals surface area contributed by atoms with E-state index >= 15 is 0 Å². The number of ether oxygens (including phenoxy) is 2. The van der Waals surface area contributed by atoms with Crippen LogP contribution in [0.2, 0.25) is 0 Å². The molecule has 0 aliphatic carbocycles. The second-order valence-corrected chi connectivity index (χ2v) is 4.35. The highest BCUT2D eigenvalue weighted by molar-refractivity contribution is 5.28. The Labute approximate surface area is 104 Å². The molecule has 96 valence electrons. The van der Waals surface area contributed by atoms with Crippen molar-refractivity contribution in [2.75, 3.05) is 20.3 Å². The Balaban J connectivity index is 2.35. The van der Waals surface area contributed by atoms with Crippen molar-refractivity contribution in [3.8, 4) is 5.75 Å². The van der Waals surface area contributed by atoms with Crippen LogP contribution >= 0.6 is 0 Å². The van der Waals surface area contributed by atoms with E-state index < -0.39 is 0 Å². The maximum atomic E-state index is 5.58. The van der Waals surface area contributed by atoms with E-state index in [4.69, 9.17) is 9.47 Å². The SMILES string of the molecule is CNC(C)c1ccc(OCCOC(C)C)cc1. The van der Waals surface area contributed by atoms with Crippen LogP contribution in [0, 0.1) is 0 Å². The van der Waals surface area contributed by atoms with Gasteiger partial charge in [-0.15, -0.1) is 0 Å². The molecule has 0 amide bonds. The standard InChI is InChI=1S/C14H23NO2/c1-11(2)16-9-10-17-14-7-5-13(6-8-14)12(3)15-4/h5-8,11-12,15H,9-10H2,1-4H3. The first-order chi connectivity index (χ1) is 8.13. The fraction of sp³-hybridized carbons (Fsp3) is 0.571. The van der Waals surface area contributed by atoms with E-state index in [1.54, 1.807) is 0 Å². The van der Waals surface area contributed by atoms with Crippen LogP contribution in [-0.2, 0) is 4.74 Å². The third-order valence-corrected chi connectivity index (χ3v) is 2.62. The maximum absolute atomic E-state index is 5.58. The van der Waals surface area contributed by atoms with Crippen LogP contribution in [0.1, 0.15) is 32.4 Å². The second-order valence-electron chi connectivity index (χ2n) is 4.35. The summed E-state index contributed by atoms with van der Waals surface area (Å²) in [4.78, 5) is 0. The van der Waals surface area contributed by atoms with E-state index in [-0.39, 0.29) is 6.10 Å². The van der Waals surface area contributed by atoms with Crippen molar-refractivity contribution >= 4 is 0 Å². The molecular formula is C14H23NO2. The molecule has 0 radical (unpaired) electrons. The number of benzene rings is 1. The minimum atomic E-state index is 0.262. The van der Waals surface area contributed by atoms with Crippen molar-refractivity contribution in [1.82, 2.24) is 5.32 Å². The van der Waals surface area contributed by atoms with Gasteiger partial charge in [-0.1, -0.05) is 12.1 Å². The van der Waals surface area contributed by atoms with Gasteiger partial charge in [-0.25, -0.2) is 0 Å². The van der Waals surface area contributed by atoms with Crippen molar-refractivity contribution in [3.63, 3.8) is 0 Å². The van der Waals surface area contributed by atoms with Crippen LogP contribution in [0.3, 0.4) is 0 Å². The Bertz CT molecular complexity index is 309. The van der Waals surface area contributed by atoms with Gasteiger partial charge in [0.2, 0.25) is 0 Å². The molecule has 0 heterocycles. The Hall–Kier alpha value is -1.06. The lowest BCUT2D eigenvalue weighted by Gasteiger charge is -2.12. The summed E-state index contributed by atoms with van der Waals surface area (Å²) in [5.41, 5.74) is 1.26. The summed E-state index contributed by atoms with van der Waals surface area (Å²) in [6, 6.07) is 8.53. The van der Waals surface area contributed by atoms with Crippen molar-refractivity contribution < 1.29 is 9.47 Å². The lowest BCUT2D eigenvalue weighted by molar-refractivity contribution is 0.0552. The van der Waals surface area contributed by atoms with E-state index in [1.165, 1.54) is 5.56 Å². The molecule has 1 rings (SSSR count). The van der Waals surface area contributed by atoms with Crippen LogP contribution < -0.4 is 10.1 Å². The lowest BCUT2D eigenvalue weighted by Crippen LogP contribution is -2.12. The summed E-state index contributed by atoms with van der Waals surface area (Å²) in [6.45, 7) is 7.40. The second kappa shape index (κ2) is 7.30. The first-order valence-electron chi connectivity index (χ1n) is 6.15. The van der Waals surface area contributed by atoms with Gasteiger partial charge in [0.05, 0.1) is 12.7 Å². The van der Waals surface area contributed by atoms with E-state index in [2.05, 4.69) is 24.4 Å². The Morgan fingerprint density at radius 2 is 1.71 bits per heavy atom. The molecule has 1 N–H and O–H groups in total. The van der Waals surface area contributed by atoms with Gasteiger partial charge in [-0.2, -0.15) is 0 Å². The number of hydrogen-bond donors (Lipinski definition) is 1. The molecular weight excluding hydrogens is 214 g/mol. The highest BCUT2D eigenvalue weighted by Crippen LogP contribution is 2.17. The third kappa shape index (κ3) is 5.20. The highest BCUT2D eigenvalue weighted by atomic mass is 16.5. The molecule has 0 bridgehead atoms. The van der Waals surface area contributed by atoms with Gasteiger partial charge >= 0.3 is 0 Å². The average Bonchev–Trinajstić information content (AvgIpc) is 2.34. The zero-order chi connectivity index (χ0) is 12.7. The largest absolute Gasteiger partial charge is 0.491 e. The predicted octanol–water partition coefficient (Wildman–Crippen LogP) is 2.77. The summed E-state index contributed by atoms with van der Waals surface area (Å²) in [5.74, 6) is 0.893. The summed E-state index contributed by atoms with van der Waals surface area (Å²) < 4.78 is 11.0. The van der Waals surface area contributed by atoms with Gasteiger partial charge in [0.15, 0.2) is 0 Å². The average molecular weight is 237 g/mol. The molecule has 0 saturated heterocycles. The van der Waals surface area contributed by atoms with Gasteiger partial charge < -0.3 is 14.8 Å². The van der Waals surface area contributed by atoms with Crippen LogP contribution in [-0.4, -0.2) is 26.4 Å². The fourth-order valence-corrected chi connectivity index (χ4v) is 1.46. The minimum absolute atomic E-state index is 0.262. The van der Waals surface area contributed by atoms with Crippen LogP contribution in [0.25, 0.3) is 0 Å². The monoisotopic (exact) mass is 237 g/mol. The smallest absolute Gasteiger partial charge is 0.119 e. The molecule has 1 aromatic carbocycles. The van der Waals surface area contributed by atoms with E-state index in [0.29, 0.717) is 19.3 Å². The summed E-state index contributed by atoms with van der Waals surface area (Å²) in [7, 11) is 1.96. The first kappa shape index (κ1) is 14.0. The first-order valence-corrected chi connectivity index (χ1v) is 6.15. The number of hydrogen-bond acceptors (Lipinski definition) is 3. The zero-order valence-electron chi connectivity index (χ0n) is 11.2. The Morgan fingerprint density at radius 1 is 1.06 bits per heavy atom. The molecule has 1 aromatic rings. The molecule has 17 heavy (non-hydrogen) atoms. The molecule has 0 aliphatic rings. The van der Waals surface area contributed by atoms with Crippen LogP contribution in [0.15, 0.2) is 24.3 Å². The van der Waals surface area contributed by atoms with Crippen LogP contribution in [0.5, 0.6) is 5.75 Å². The molecule has 0 spiro atoms. The van der Waals surface area contributed by atoms with Gasteiger partial charge in [-0.3, -0.25) is 0 Å². The van der Waals surface area contributed by atoms with Gasteiger partial charge in [0, 0.05) is 6.04 Å². The maximum Gasteiger partial charge on any atom is 0.119 e. The van der Waals surface area contributed by atoms with Crippen molar-refractivity contribution in [2.24, 2.45) is 0 Å². The van der Waals surface area contributed by atoms with E-state index in [0.717, 1.165) is 5.75 Å². The zero-order valence-corrected chi connectivity index (χ0v) is 11.2. The normalized spacial score (nSPS) is 12.8. The summed E-state index contributed by atoms with van der Waals surface area (Å²) >= 11 is 0. The number of rotatable bonds is 7. The quantitative estimate of drug-likeness (QED) is 0.740. The lowest BCUT2D eigenvalue weighted by atomic mass is 10.1. The fourth-order valence-electron chi connectivity index (χ4n) is 1.46. The van der Waals surface area contributed by atoms with Crippen molar-refractivity contribution in [2.45, 2.75) is 32.9 Å². The molecule has 1 atom stereocenters. The van der Waals surface area contributed by atoms with Crippen molar-refractivity contribution in [1.29, 1.82) is 0 Å². The minimum Gasteiger partial charge on any atom is -0.491 e. The Kier molecular flexibility index (Phi) is 6.01. The predicted molar refractivity (Wildman–Crippen MR) is 70.5 cm³/mol. The molecule has 3 nitrogen and oxygen atoms in total. The van der Waals surface area contributed by atoms with Crippen molar-refractivity contribution in [3.05, 3.63) is 29.8 Å². The van der Waals surface area contributed by atoms with Gasteiger partial charge in [-0.05, 0) is 45.5 Å². The summed E-state index contributed by atoms with van der Waals surface area (Å²) in [6.07, 6.45) is 0.262. The number of nitrogens with one attached hydrogen (secondary N) is 1.